The topological polar surface area (TPSA) is 12.0 Å². The van der Waals surface area contributed by atoms with E-state index < -0.39 is 0 Å². The number of hydrogen-bond donors (Lipinski definition) is 1. The van der Waals surface area contributed by atoms with Gasteiger partial charge in [-0.2, -0.15) is 0 Å². The summed E-state index contributed by atoms with van der Waals surface area (Å²) in [6.45, 7) is 2.36. The molecule has 0 radical (unpaired) electrons. The van der Waals surface area contributed by atoms with Crippen molar-refractivity contribution in [2.24, 2.45) is 5.92 Å². The Morgan fingerprint density at radius 2 is 2.11 bits per heavy atom. The van der Waals surface area contributed by atoms with Crippen LogP contribution in [0.2, 0.25) is 0 Å². The maximum absolute atomic E-state index is 3.58. The van der Waals surface area contributed by atoms with Crippen LogP contribution in [-0.4, -0.2) is 12.1 Å². The zero-order valence-corrected chi connectivity index (χ0v) is 6.58. The fourth-order valence-corrected chi connectivity index (χ4v) is 2.10. The van der Waals surface area contributed by atoms with Gasteiger partial charge in [0.2, 0.25) is 0 Å². The Morgan fingerprint density at radius 1 is 1.33 bits per heavy atom. The molecule has 2 aliphatic rings. The van der Waals surface area contributed by atoms with Crippen LogP contribution in [0.25, 0.3) is 0 Å². The van der Waals surface area contributed by atoms with Crippen LogP contribution in [0.1, 0.15) is 26.2 Å². The van der Waals surface area contributed by atoms with Gasteiger partial charge in [0.15, 0.2) is 0 Å². The first-order chi connectivity index (χ1) is 3.86. The van der Waals surface area contributed by atoms with Crippen LogP contribution in [0.5, 0.6) is 0 Å². The highest BCUT2D eigenvalue weighted by molar-refractivity contribution is 5.85. The zero-order chi connectivity index (χ0) is 5.56. The van der Waals surface area contributed by atoms with Gasteiger partial charge in [-0.25, -0.2) is 0 Å². The van der Waals surface area contributed by atoms with Gasteiger partial charge in [-0.05, 0) is 25.2 Å². The van der Waals surface area contributed by atoms with Gasteiger partial charge in [0.1, 0.15) is 0 Å². The van der Waals surface area contributed by atoms with Crippen molar-refractivity contribution in [2.75, 3.05) is 0 Å². The molecule has 0 aromatic rings. The highest BCUT2D eigenvalue weighted by atomic mass is 35.5. The lowest BCUT2D eigenvalue weighted by molar-refractivity contribution is 0.439. The highest BCUT2D eigenvalue weighted by Crippen LogP contribution is 2.32. The molecule has 0 amide bonds. The quantitative estimate of drug-likeness (QED) is 0.549. The molecule has 2 aliphatic heterocycles. The van der Waals surface area contributed by atoms with E-state index in [0.717, 1.165) is 18.0 Å². The van der Waals surface area contributed by atoms with Crippen LogP contribution in [-0.2, 0) is 0 Å². The third kappa shape index (κ3) is 1.08. The van der Waals surface area contributed by atoms with Crippen molar-refractivity contribution < 1.29 is 0 Å². The van der Waals surface area contributed by atoms with Crippen molar-refractivity contribution in [1.82, 2.24) is 5.32 Å². The Labute approximate surface area is 62.6 Å². The number of hydrogen-bond acceptors (Lipinski definition) is 1. The van der Waals surface area contributed by atoms with Crippen molar-refractivity contribution in [1.29, 1.82) is 0 Å². The molecule has 2 saturated heterocycles. The molecule has 2 fully saturated rings. The van der Waals surface area contributed by atoms with Crippen LogP contribution < -0.4 is 5.32 Å². The molecule has 1 unspecified atom stereocenters. The predicted molar refractivity (Wildman–Crippen MR) is 41.0 cm³/mol. The lowest BCUT2D eigenvalue weighted by atomic mass is 9.91. The Balaban J connectivity index is 0.000000405. The minimum Gasteiger partial charge on any atom is -0.311 e. The van der Waals surface area contributed by atoms with Gasteiger partial charge in [-0.3, -0.25) is 0 Å². The average Bonchev–Trinajstić information content (AvgIpc) is 2.23. The fraction of sp³-hybridized carbons (Fsp3) is 1.00. The first kappa shape index (κ1) is 7.36. The summed E-state index contributed by atoms with van der Waals surface area (Å²) >= 11 is 0. The van der Waals surface area contributed by atoms with Crippen LogP contribution in [0.4, 0.5) is 0 Å². The molecule has 9 heavy (non-hydrogen) atoms. The predicted octanol–water partition coefficient (Wildman–Crippen LogP) is 1.57. The van der Waals surface area contributed by atoms with Gasteiger partial charge in [-0.15, -0.1) is 12.4 Å². The van der Waals surface area contributed by atoms with E-state index in [-0.39, 0.29) is 12.4 Å². The minimum atomic E-state index is 0. The Kier molecular flexibility index (Phi) is 2.02. The first-order valence-electron chi connectivity index (χ1n) is 3.62. The summed E-state index contributed by atoms with van der Waals surface area (Å²) in [5, 5.41) is 3.58. The van der Waals surface area contributed by atoms with Gasteiger partial charge in [0.25, 0.3) is 0 Å². The summed E-state index contributed by atoms with van der Waals surface area (Å²) in [5.41, 5.74) is 0. The van der Waals surface area contributed by atoms with Crippen molar-refractivity contribution in [3.63, 3.8) is 0 Å². The van der Waals surface area contributed by atoms with Gasteiger partial charge < -0.3 is 5.32 Å². The van der Waals surface area contributed by atoms with Crippen LogP contribution in [0, 0.1) is 5.92 Å². The molecule has 1 nitrogen and oxygen atoms in total. The molecule has 2 heteroatoms. The lowest BCUT2D eigenvalue weighted by Crippen LogP contribution is -2.20. The van der Waals surface area contributed by atoms with E-state index in [1.165, 1.54) is 19.3 Å². The number of halogens is 1. The van der Waals surface area contributed by atoms with Gasteiger partial charge >= 0.3 is 0 Å². The van der Waals surface area contributed by atoms with Crippen molar-refractivity contribution >= 4 is 12.4 Å². The smallest absolute Gasteiger partial charge is 0.00964 e. The van der Waals surface area contributed by atoms with Gasteiger partial charge in [-0.1, -0.05) is 6.92 Å². The summed E-state index contributed by atoms with van der Waals surface area (Å²) in [7, 11) is 0. The van der Waals surface area contributed by atoms with Gasteiger partial charge in [0.05, 0.1) is 0 Å². The van der Waals surface area contributed by atoms with Crippen molar-refractivity contribution in [3.8, 4) is 0 Å². The van der Waals surface area contributed by atoms with Crippen LogP contribution in [0.15, 0.2) is 0 Å². The molecular formula is C7H14ClN. The van der Waals surface area contributed by atoms with E-state index in [1.54, 1.807) is 0 Å². The Morgan fingerprint density at radius 3 is 2.33 bits per heavy atom. The SMILES string of the molecule is CC1C[C@H]2CC[C@@H]1N2.Cl. The second-order valence-corrected chi connectivity index (χ2v) is 3.26. The second kappa shape index (κ2) is 2.47. The highest BCUT2D eigenvalue weighted by Gasteiger charge is 2.35. The van der Waals surface area contributed by atoms with E-state index in [1.807, 2.05) is 0 Å². The van der Waals surface area contributed by atoms with Crippen LogP contribution in [0.3, 0.4) is 0 Å². The van der Waals surface area contributed by atoms with E-state index in [0.29, 0.717) is 0 Å². The average molecular weight is 148 g/mol. The molecule has 3 atom stereocenters. The van der Waals surface area contributed by atoms with E-state index in [2.05, 4.69) is 12.2 Å². The standard InChI is InChI=1S/C7H13N.ClH/c1-5-4-6-2-3-7(5)8-6;/h5-8H,2-4H2,1H3;1H/t5?,6-,7+;/m1./s1. The largest absolute Gasteiger partial charge is 0.311 e. The Hall–Kier alpha value is 0.250. The maximum atomic E-state index is 3.58. The lowest BCUT2D eigenvalue weighted by Gasteiger charge is -2.13. The molecule has 2 rings (SSSR count). The molecule has 54 valence electrons. The number of nitrogens with one attached hydrogen (secondary N) is 1. The summed E-state index contributed by atoms with van der Waals surface area (Å²) in [5.74, 6) is 0.966. The van der Waals surface area contributed by atoms with Crippen molar-refractivity contribution in [3.05, 3.63) is 0 Å². The molecule has 2 bridgehead atoms. The molecule has 0 spiro atoms. The third-order valence-electron chi connectivity index (χ3n) is 2.62. The van der Waals surface area contributed by atoms with Gasteiger partial charge in [0, 0.05) is 12.1 Å². The maximum Gasteiger partial charge on any atom is 0.00964 e. The fourth-order valence-electron chi connectivity index (χ4n) is 2.10. The molecule has 1 N–H and O–H groups in total. The van der Waals surface area contributed by atoms with Crippen LogP contribution >= 0.6 is 12.4 Å². The third-order valence-corrected chi connectivity index (χ3v) is 2.62. The summed E-state index contributed by atoms with van der Waals surface area (Å²) in [4.78, 5) is 0. The molecular weight excluding hydrogens is 134 g/mol. The molecule has 2 heterocycles. The second-order valence-electron chi connectivity index (χ2n) is 3.26. The molecule has 0 aromatic carbocycles. The monoisotopic (exact) mass is 147 g/mol. The number of rotatable bonds is 0. The first-order valence-corrected chi connectivity index (χ1v) is 3.62. The molecule has 0 aliphatic carbocycles. The van der Waals surface area contributed by atoms with E-state index >= 15 is 0 Å². The summed E-state index contributed by atoms with van der Waals surface area (Å²) in [6, 6.07) is 1.79. The molecule has 0 aromatic heterocycles. The zero-order valence-electron chi connectivity index (χ0n) is 5.76. The number of fused-ring (bicyclic) bond motifs is 2. The van der Waals surface area contributed by atoms with E-state index in [9.17, 15) is 0 Å². The normalized spacial score (nSPS) is 47.0. The Bertz CT molecular complexity index is 103. The molecule has 0 saturated carbocycles. The summed E-state index contributed by atoms with van der Waals surface area (Å²) in [6.07, 6.45) is 4.31. The van der Waals surface area contributed by atoms with Crippen molar-refractivity contribution in [2.45, 2.75) is 38.3 Å². The minimum absolute atomic E-state index is 0. The summed E-state index contributed by atoms with van der Waals surface area (Å²) < 4.78 is 0. The van der Waals surface area contributed by atoms with E-state index in [4.69, 9.17) is 0 Å².